The summed E-state index contributed by atoms with van der Waals surface area (Å²) in [5.74, 6) is 3.60. The van der Waals surface area contributed by atoms with Gasteiger partial charge in [-0.1, -0.05) is 5.92 Å². The topological polar surface area (TPSA) is 50.8 Å². The van der Waals surface area contributed by atoms with Gasteiger partial charge in [-0.05, 0) is 13.8 Å². The van der Waals surface area contributed by atoms with Crippen molar-refractivity contribution in [3.63, 3.8) is 0 Å². The van der Waals surface area contributed by atoms with Crippen LogP contribution in [0, 0.1) is 12.3 Å². The van der Waals surface area contributed by atoms with Gasteiger partial charge in [-0.25, -0.2) is 0 Å². The molecule has 0 atom stereocenters. The standard InChI is InChI=1S/C15H18N2O3/c1-6-7-17-11-9-13(20-5)12(19-4)8-10(11)16-15(2,3)14(17)18/h1,8-9,16H,7H2,2-5H3. The number of hydrogen-bond acceptors (Lipinski definition) is 4. The Morgan fingerprint density at radius 1 is 1.30 bits per heavy atom. The molecule has 0 radical (unpaired) electrons. The predicted molar refractivity (Wildman–Crippen MR) is 78.4 cm³/mol. The first kappa shape index (κ1) is 14.1. The van der Waals surface area contributed by atoms with Crippen molar-refractivity contribution in [3.05, 3.63) is 12.1 Å². The summed E-state index contributed by atoms with van der Waals surface area (Å²) in [6, 6.07) is 3.57. The molecule has 1 heterocycles. The normalized spacial score (nSPS) is 15.9. The number of benzene rings is 1. The number of anilines is 2. The number of nitrogens with one attached hydrogen (secondary N) is 1. The van der Waals surface area contributed by atoms with Crippen molar-refractivity contribution in [2.45, 2.75) is 19.4 Å². The number of fused-ring (bicyclic) bond motifs is 1. The Labute approximate surface area is 118 Å². The summed E-state index contributed by atoms with van der Waals surface area (Å²) < 4.78 is 10.6. The third kappa shape index (κ3) is 2.14. The lowest BCUT2D eigenvalue weighted by atomic mass is 9.97. The molecule has 0 bridgehead atoms. The minimum Gasteiger partial charge on any atom is -0.493 e. The fraction of sp³-hybridized carbons (Fsp3) is 0.400. The van der Waals surface area contributed by atoms with E-state index in [0.717, 1.165) is 5.69 Å². The number of carbonyl (C=O) groups excluding carboxylic acids is 1. The maximum atomic E-state index is 12.4. The summed E-state index contributed by atoms with van der Waals surface area (Å²) >= 11 is 0. The maximum Gasteiger partial charge on any atom is 0.252 e. The molecule has 1 N–H and O–H groups in total. The molecule has 5 heteroatoms. The fourth-order valence-electron chi connectivity index (χ4n) is 2.28. The first-order chi connectivity index (χ1) is 9.44. The van der Waals surface area contributed by atoms with Gasteiger partial charge in [-0.3, -0.25) is 9.69 Å². The number of carbonyl (C=O) groups is 1. The monoisotopic (exact) mass is 274 g/mol. The zero-order chi connectivity index (χ0) is 14.9. The van der Waals surface area contributed by atoms with Crippen LogP contribution in [0.2, 0.25) is 0 Å². The van der Waals surface area contributed by atoms with Gasteiger partial charge in [0.2, 0.25) is 0 Å². The second-order valence-corrected chi connectivity index (χ2v) is 5.07. The Kier molecular flexibility index (Phi) is 3.49. The van der Waals surface area contributed by atoms with E-state index in [4.69, 9.17) is 15.9 Å². The molecule has 1 aromatic rings. The van der Waals surface area contributed by atoms with Gasteiger partial charge in [0.1, 0.15) is 5.54 Å². The van der Waals surface area contributed by atoms with E-state index in [-0.39, 0.29) is 12.5 Å². The quantitative estimate of drug-likeness (QED) is 0.855. The number of hydrogen-bond donors (Lipinski definition) is 1. The second kappa shape index (κ2) is 4.97. The van der Waals surface area contributed by atoms with Crippen LogP contribution in [0.25, 0.3) is 0 Å². The summed E-state index contributed by atoms with van der Waals surface area (Å²) in [5, 5.41) is 3.21. The first-order valence-electron chi connectivity index (χ1n) is 6.24. The van der Waals surface area contributed by atoms with Crippen molar-refractivity contribution in [1.82, 2.24) is 0 Å². The Bertz CT molecular complexity index is 588. The molecular weight excluding hydrogens is 256 g/mol. The smallest absolute Gasteiger partial charge is 0.252 e. The molecule has 0 aliphatic carbocycles. The number of amides is 1. The van der Waals surface area contributed by atoms with Crippen LogP contribution < -0.4 is 19.7 Å². The van der Waals surface area contributed by atoms with E-state index >= 15 is 0 Å². The van der Waals surface area contributed by atoms with Gasteiger partial charge in [0.15, 0.2) is 11.5 Å². The highest BCUT2D eigenvalue weighted by molar-refractivity contribution is 6.08. The number of ether oxygens (including phenoxy) is 2. The minimum absolute atomic E-state index is 0.0739. The largest absolute Gasteiger partial charge is 0.493 e. The lowest BCUT2D eigenvalue weighted by Gasteiger charge is -2.39. The summed E-state index contributed by atoms with van der Waals surface area (Å²) in [6.45, 7) is 3.85. The molecule has 1 aromatic carbocycles. The molecular formula is C15H18N2O3. The van der Waals surface area contributed by atoms with Gasteiger partial charge in [0.05, 0.1) is 32.1 Å². The Morgan fingerprint density at radius 2 is 1.90 bits per heavy atom. The molecule has 2 rings (SSSR count). The lowest BCUT2D eigenvalue weighted by molar-refractivity contribution is -0.122. The highest BCUT2D eigenvalue weighted by Gasteiger charge is 2.39. The number of rotatable bonds is 3. The molecule has 0 unspecified atom stereocenters. The Balaban J connectivity index is 2.61. The minimum atomic E-state index is -0.719. The van der Waals surface area contributed by atoms with Crippen molar-refractivity contribution < 1.29 is 14.3 Å². The third-order valence-electron chi connectivity index (χ3n) is 3.27. The number of terminal acetylenes is 1. The Morgan fingerprint density at radius 3 is 2.45 bits per heavy atom. The maximum absolute atomic E-state index is 12.4. The van der Waals surface area contributed by atoms with Crippen LogP contribution in [0.1, 0.15) is 13.8 Å². The van der Waals surface area contributed by atoms with E-state index in [1.54, 1.807) is 25.2 Å². The van der Waals surface area contributed by atoms with Crippen LogP contribution in [0.15, 0.2) is 12.1 Å². The van der Waals surface area contributed by atoms with Gasteiger partial charge in [0.25, 0.3) is 5.91 Å². The molecule has 0 spiro atoms. The van der Waals surface area contributed by atoms with E-state index in [0.29, 0.717) is 17.2 Å². The van der Waals surface area contributed by atoms with E-state index in [1.807, 2.05) is 19.9 Å². The predicted octanol–water partition coefficient (Wildman–Crippen LogP) is 1.87. The number of methoxy groups -OCH3 is 2. The molecule has 20 heavy (non-hydrogen) atoms. The van der Waals surface area contributed by atoms with Crippen molar-refractivity contribution in [1.29, 1.82) is 0 Å². The van der Waals surface area contributed by atoms with Crippen molar-refractivity contribution in [3.8, 4) is 23.8 Å². The molecule has 0 saturated heterocycles. The molecule has 106 valence electrons. The fourth-order valence-corrected chi connectivity index (χ4v) is 2.28. The summed E-state index contributed by atoms with van der Waals surface area (Å²) in [7, 11) is 3.13. The van der Waals surface area contributed by atoms with E-state index in [2.05, 4.69) is 11.2 Å². The third-order valence-corrected chi connectivity index (χ3v) is 3.27. The van der Waals surface area contributed by atoms with Crippen LogP contribution >= 0.6 is 0 Å². The SMILES string of the molecule is C#CCN1C(=O)C(C)(C)Nc2cc(OC)c(OC)cc21. The second-order valence-electron chi connectivity index (χ2n) is 5.07. The lowest BCUT2D eigenvalue weighted by Crippen LogP contribution is -2.54. The Hall–Kier alpha value is -2.35. The van der Waals surface area contributed by atoms with Crippen molar-refractivity contribution >= 4 is 17.3 Å². The molecule has 5 nitrogen and oxygen atoms in total. The summed E-state index contributed by atoms with van der Waals surface area (Å²) in [6.07, 6.45) is 5.37. The molecule has 1 amide bonds. The molecule has 0 saturated carbocycles. The summed E-state index contributed by atoms with van der Waals surface area (Å²) in [5.41, 5.74) is 0.774. The highest BCUT2D eigenvalue weighted by atomic mass is 16.5. The summed E-state index contributed by atoms with van der Waals surface area (Å²) in [4.78, 5) is 14.0. The van der Waals surface area contributed by atoms with Gasteiger partial charge in [0, 0.05) is 12.1 Å². The highest BCUT2D eigenvalue weighted by Crippen LogP contribution is 2.42. The van der Waals surface area contributed by atoms with Crippen LogP contribution in [0.4, 0.5) is 11.4 Å². The van der Waals surface area contributed by atoms with Crippen molar-refractivity contribution in [2.24, 2.45) is 0 Å². The van der Waals surface area contributed by atoms with Gasteiger partial charge in [-0.15, -0.1) is 6.42 Å². The van der Waals surface area contributed by atoms with Crippen LogP contribution in [-0.4, -0.2) is 32.2 Å². The number of nitrogens with zero attached hydrogens (tertiary/aromatic N) is 1. The van der Waals surface area contributed by atoms with Gasteiger partial charge >= 0.3 is 0 Å². The zero-order valence-electron chi connectivity index (χ0n) is 12.1. The van der Waals surface area contributed by atoms with Crippen LogP contribution in [0.5, 0.6) is 11.5 Å². The van der Waals surface area contributed by atoms with Gasteiger partial charge < -0.3 is 14.8 Å². The van der Waals surface area contributed by atoms with Gasteiger partial charge in [-0.2, -0.15) is 0 Å². The average Bonchev–Trinajstić information content (AvgIpc) is 2.42. The van der Waals surface area contributed by atoms with E-state index < -0.39 is 5.54 Å². The van der Waals surface area contributed by atoms with Crippen molar-refractivity contribution in [2.75, 3.05) is 31.0 Å². The van der Waals surface area contributed by atoms with E-state index in [9.17, 15) is 4.79 Å². The van der Waals surface area contributed by atoms with Crippen LogP contribution in [-0.2, 0) is 4.79 Å². The first-order valence-corrected chi connectivity index (χ1v) is 6.24. The molecule has 0 aromatic heterocycles. The van der Waals surface area contributed by atoms with E-state index in [1.165, 1.54) is 0 Å². The molecule has 0 fully saturated rings. The molecule has 1 aliphatic rings. The molecule has 1 aliphatic heterocycles. The van der Waals surface area contributed by atoms with Crippen LogP contribution in [0.3, 0.4) is 0 Å². The average molecular weight is 274 g/mol. The zero-order valence-corrected chi connectivity index (χ0v) is 12.1.